The maximum absolute atomic E-state index is 10.9. The molecule has 0 saturated carbocycles. The van der Waals surface area contributed by atoms with Crippen LogP contribution in [0.4, 0.5) is 0 Å². The van der Waals surface area contributed by atoms with Gasteiger partial charge < -0.3 is 0 Å². The second-order valence-electron chi connectivity index (χ2n) is 2.27. The number of rotatable bonds is 1. The molecule has 1 heterocycles. The summed E-state index contributed by atoms with van der Waals surface area (Å²) >= 11 is 1.50. The van der Waals surface area contributed by atoms with E-state index in [1.807, 2.05) is 13.8 Å². The molecule has 1 rings (SSSR count). The van der Waals surface area contributed by atoms with Crippen LogP contribution >= 0.6 is 11.3 Å². The first-order valence-corrected chi connectivity index (χ1v) is 4.04. The highest BCUT2D eigenvalue weighted by atomic mass is 32.1. The first-order valence-electron chi connectivity index (χ1n) is 3.16. The molecule has 0 aliphatic carbocycles. The molecule has 0 unspecified atom stereocenters. The lowest BCUT2D eigenvalue weighted by Crippen LogP contribution is -2.18. The van der Waals surface area contributed by atoms with Crippen molar-refractivity contribution in [3.05, 3.63) is 21.4 Å². The predicted octanol–water partition coefficient (Wildman–Crippen LogP) is 1.48. The third-order valence-electron chi connectivity index (χ3n) is 1.63. The lowest BCUT2D eigenvalue weighted by Gasteiger charge is -1.95. The van der Waals surface area contributed by atoms with E-state index in [1.54, 1.807) is 10.9 Å². The Bertz CT molecular complexity index is 280. The van der Waals surface area contributed by atoms with Gasteiger partial charge in [0.25, 0.3) is 5.91 Å². The highest BCUT2D eigenvalue weighted by molar-refractivity contribution is 7.10. The van der Waals surface area contributed by atoms with E-state index in [9.17, 15) is 4.79 Å². The SMILES string of the molecule is Cc1scc(C(=O)NO)c1C. The molecule has 0 radical (unpaired) electrons. The van der Waals surface area contributed by atoms with Gasteiger partial charge >= 0.3 is 0 Å². The van der Waals surface area contributed by atoms with E-state index >= 15 is 0 Å². The molecule has 1 aromatic heterocycles. The standard InChI is InChI=1S/C7H9NO2S/c1-4-5(2)11-3-6(4)7(9)8-10/h3,10H,1-2H3,(H,8,9). The largest absolute Gasteiger partial charge is 0.288 e. The smallest absolute Gasteiger partial charge is 0.275 e. The van der Waals surface area contributed by atoms with Crippen LogP contribution in [0.15, 0.2) is 5.38 Å². The molecular formula is C7H9NO2S. The van der Waals surface area contributed by atoms with Gasteiger partial charge in [0.1, 0.15) is 0 Å². The lowest BCUT2D eigenvalue weighted by molar-refractivity contribution is 0.0706. The Morgan fingerprint density at radius 1 is 1.64 bits per heavy atom. The summed E-state index contributed by atoms with van der Waals surface area (Å²) in [6.07, 6.45) is 0. The Morgan fingerprint density at radius 3 is 2.64 bits per heavy atom. The molecule has 3 nitrogen and oxygen atoms in total. The number of nitrogens with one attached hydrogen (secondary N) is 1. The fourth-order valence-corrected chi connectivity index (χ4v) is 1.66. The molecule has 1 aromatic rings. The van der Waals surface area contributed by atoms with Crippen molar-refractivity contribution in [2.75, 3.05) is 0 Å². The highest BCUT2D eigenvalue weighted by Crippen LogP contribution is 2.19. The second-order valence-corrected chi connectivity index (χ2v) is 3.36. The normalized spacial score (nSPS) is 9.73. The van der Waals surface area contributed by atoms with E-state index in [0.717, 1.165) is 10.4 Å². The van der Waals surface area contributed by atoms with Gasteiger partial charge in [-0.3, -0.25) is 10.0 Å². The first-order chi connectivity index (χ1) is 5.16. The van der Waals surface area contributed by atoms with Crippen molar-refractivity contribution in [2.24, 2.45) is 0 Å². The summed E-state index contributed by atoms with van der Waals surface area (Å²) in [4.78, 5) is 12.0. The van der Waals surface area contributed by atoms with Crippen LogP contribution in [0, 0.1) is 13.8 Å². The Hall–Kier alpha value is -0.870. The summed E-state index contributed by atoms with van der Waals surface area (Å²) in [5.74, 6) is -0.438. The molecule has 11 heavy (non-hydrogen) atoms. The number of aryl methyl sites for hydroxylation is 1. The third kappa shape index (κ3) is 1.41. The van der Waals surface area contributed by atoms with Gasteiger partial charge in [-0.05, 0) is 19.4 Å². The van der Waals surface area contributed by atoms with E-state index in [0.29, 0.717) is 5.56 Å². The monoisotopic (exact) mass is 171 g/mol. The van der Waals surface area contributed by atoms with Gasteiger partial charge in [-0.15, -0.1) is 11.3 Å². The van der Waals surface area contributed by atoms with Crippen molar-refractivity contribution in [3.63, 3.8) is 0 Å². The fraction of sp³-hybridized carbons (Fsp3) is 0.286. The fourth-order valence-electron chi connectivity index (χ4n) is 0.798. The van der Waals surface area contributed by atoms with Crippen LogP contribution in [0.5, 0.6) is 0 Å². The maximum Gasteiger partial charge on any atom is 0.275 e. The van der Waals surface area contributed by atoms with Gasteiger partial charge in [-0.1, -0.05) is 0 Å². The number of hydrogen-bond donors (Lipinski definition) is 2. The Morgan fingerprint density at radius 2 is 2.27 bits per heavy atom. The van der Waals surface area contributed by atoms with E-state index in [4.69, 9.17) is 5.21 Å². The number of carbonyl (C=O) groups is 1. The van der Waals surface area contributed by atoms with Gasteiger partial charge in [0.2, 0.25) is 0 Å². The Balaban J connectivity index is 3.04. The van der Waals surface area contributed by atoms with Crippen molar-refractivity contribution in [1.82, 2.24) is 5.48 Å². The van der Waals surface area contributed by atoms with Crippen molar-refractivity contribution in [2.45, 2.75) is 13.8 Å². The van der Waals surface area contributed by atoms with Crippen LogP contribution in [0.2, 0.25) is 0 Å². The van der Waals surface area contributed by atoms with Crippen molar-refractivity contribution < 1.29 is 10.0 Å². The third-order valence-corrected chi connectivity index (χ3v) is 2.65. The minimum atomic E-state index is -0.438. The minimum Gasteiger partial charge on any atom is -0.288 e. The van der Waals surface area contributed by atoms with Gasteiger partial charge in [-0.25, -0.2) is 5.48 Å². The van der Waals surface area contributed by atoms with Gasteiger partial charge in [0.05, 0.1) is 5.56 Å². The van der Waals surface area contributed by atoms with Crippen molar-refractivity contribution in [3.8, 4) is 0 Å². The Labute approximate surface area is 68.6 Å². The van der Waals surface area contributed by atoms with Crippen LogP contribution in [-0.4, -0.2) is 11.1 Å². The molecule has 0 bridgehead atoms. The van der Waals surface area contributed by atoms with Crippen LogP contribution in [0.3, 0.4) is 0 Å². The van der Waals surface area contributed by atoms with Crippen molar-refractivity contribution in [1.29, 1.82) is 0 Å². The molecule has 4 heteroatoms. The van der Waals surface area contributed by atoms with Crippen molar-refractivity contribution >= 4 is 17.2 Å². The molecule has 0 atom stereocenters. The molecule has 60 valence electrons. The molecule has 0 aliphatic heterocycles. The summed E-state index contributed by atoms with van der Waals surface area (Å²) in [5, 5.41) is 10.1. The van der Waals surface area contributed by atoms with E-state index in [2.05, 4.69) is 0 Å². The quantitative estimate of drug-likeness (QED) is 0.496. The molecule has 0 fully saturated rings. The molecular weight excluding hydrogens is 162 g/mol. The zero-order chi connectivity index (χ0) is 8.43. The molecule has 2 N–H and O–H groups in total. The summed E-state index contributed by atoms with van der Waals surface area (Å²) in [5.41, 5.74) is 3.09. The van der Waals surface area contributed by atoms with E-state index in [-0.39, 0.29) is 0 Å². The summed E-state index contributed by atoms with van der Waals surface area (Å²) in [6, 6.07) is 0. The Kier molecular flexibility index (Phi) is 2.26. The number of hydrogen-bond acceptors (Lipinski definition) is 3. The van der Waals surface area contributed by atoms with Gasteiger partial charge in [0.15, 0.2) is 0 Å². The number of carbonyl (C=O) groups excluding carboxylic acids is 1. The number of hydroxylamine groups is 1. The van der Waals surface area contributed by atoms with Gasteiger partial charge in [0, 0.05) is 10.3 Å². The summed E-state index contributed by atoms with van der Waals surface area (Å²) < 4.78 is 0. The van der Waals surface area contributed by atoms with Crippen LogP contribution in [0.1, 0.15) is 20.8 Å². The average Bonchev–Trinajstić information content (AvgIpc) is 2.32. The molecule has 1 amide bonds. The summed E-state index contributed by atoms with van der Waals surface area (Å²) in [7, 11) is 0. The average molecular weight is 171 g/mol. The highest BCUT2D eigenvalue weighted by Gasteiger charge is 2.10. The van der Waals surface area contributed by atoms with Crippen LogP contribution < -0.4 is 5.48 Å². The minimum absolute atomic E-state index is 0.438. The van der Waals surface area contributed by atoms with Crippen LogP contribution in [-0.2, 0) is 0 Å². The number of amides is 1. The zero-order valence-electron chi connectivity index (χ0n) is 6.34. The predicted molar refractivity (Wildman–Crippen MR) is 43.0 cm³/mol. The molecule has 0 saturated heterocycles. The van der Waals surface area contributed by atoms with E-state index < -0.39 is 5.91 Å². The topological polar surface area (TPSA) is 49.3 Å². The number of thiophene rings is 1. The summed E-state index contributed by atoms with van der Waals surface area (Å²) in [6.45, 7) is 3.80. The molecule has 0 spiro atoms. The zero-order valence-corrected chi connectivity index (χ0v) is 7.16. The van der Waals surface area contributed by atoms with Gasteiger partial charge in [-0.2, -0.15) is 0 Å². The first kappa shape index (κ1) is 8.23. The molecule has 0 aromatic carbocycles. The van der Waals surface area contributed by atoms with Crippen LogP contribution in [0.25, 0.3) is 0 Å². The molecule has 0 aliphatic rings. The second kappa shape index (κ2) is 3.02. The lowest BCUT2D eigenvalue weighted by atomic mass is 10.2. The van der Waals surface area contributed by atoms with E-state index in [1.165, 1.54) is 11.3 Å². The maximum atomic E-state index is 10.9.